The van der Waals surface area contributed by atoms with Gasteiger partial charge in [-0.05, 0) is 42.8 Å². The van der Waals surface area contributed by atoms with Gasteiger partial charge < -0.3 is 37.7 Å². The number of ether oxygens (including phenoxy) is 5. The van der Waals surface area contributed by atoms with E-state index in [1.165, 1.54) is 33.3 Å². The van der Waals surface area contributed by atoms with Crippen LogP contribution in [0, 0.1) is 0 Å². The average Bonchev–Trinajstić information content (AvgIpc) is 3.72. The van der Waals surface area contributed by atoms with Crippen LogP contribution in [0.15, 0.2) is 100 Å². The van der Waals surface area contributed by atoms with Crippen LogP contribution in [0.3, 0.4) is 0 Å². The molecule has 6 rings (SSSR count). The molecule has 0 spiro atoms. The van der Waals surface area contributed by atoms with Crippen molar-refractivity contribution < 1.29 is 65.2 Å². The third-order valence-electron chi connectivity index (χ3n) is 8.41. The first-order valence-electron chi connectivity index (χ1n) is 17.1. The number of hydrogen-bond donors (Lipinski definition) is 3. The molecule has 5 atom stereocenters. The zero-order chi connectivity index (χ0) is 40.7. The van der Waals surface area contributed by atoms with Gasteiger partial charge >= 0.3 is 31.4 Å². The molecule has 1 fully saturated rings. The lowest BCUT2D eigenvalue weighted by Crippen LogP contribution is -2.42. The van der Waals surface area contributed by atoms with Crippen molar-refractivity contribution in [3.63, 3.8) is 0 Å². The van der Waals surface area contributed by atoms with Gasteiger partial charge in [0.15, 0.2) is 24.0 Å². The number of halogens is 2. The topological polar surface area (TPSA) is 208 Å². The molecule has 1 saturated heterocycles. The summed E-state index contributed by atoms with van der Waals surface area (Å²) in [5, 5.41) is 15.9. The molecule has 1 aliphatic heterocycles. The number of furan rings is 1. The molecule has 2 aromatic heterocycles. The number of nitrogens with one attached hydrogen (secondary N) is 2. The molecule has 0 radical (unpaired) electrons. The summed E-state index contributed by atoms with van der Waals surface area (Å²) in [6.07, 6.45) is -7.01. The Bertz CT molecular complexity index is 2290. The fraction of sp³-hybridized carbons (Fsp3) is 0.297. The van der Waals surface area contributed by atoms with Crippen molar-refractivity contribution in [2.24, 2.45) is 0 Å². The van der Waals surface area contributed by atoms with Gasteiger partial charge in [-0.25, -0.2) is 14.2 Å². The molecule has 3 heterocycles. The van der Waals surface area contributed by atoms with E-state index in [-0.39, 0.29) is 30.5 Å². The van der Waals surface area contributed by atoms with Crippen molar-refractivity contribution in [1.82, 2.24) is 14.6 Å². The summed E-state index contributed by atoms with van der Waals surface area (Å²) < 4.78 is 88.3. The highest BCUT2D eigenvalue weighted by Crippen LogP contribution is 2.48. The number of hydrogen-bond acceptors (Lipinski definition) is 14. The van der Waals surface area contributed by atoms with Crippen LogP contribution in [0.25, 0.3) is 11.0 Å². The van der Waals surface area contributed by atoms with E-state index >= 15 is 8.78 Å². The maximum atomic E-state index is 15.5. The van der Waals surface area contributed by atoms with E-state index < -0.39 is 62.5 Å². The number of fused-ring (bicyclic) bond motifs is 1. The molecule has 3 aromatic carbocycles. The summed E-state index contributed by atoms with van der Waals surface area (Å²) in [5.41, 5.74) is -0.195. The highest BCUT2D eigenvalue weighted by Gasteiger charge is 2.60. The summed E-state index contributed by atoms with van der Waals surface area (Å²) in [5.74, 6) is -4.06. The van der Waals surface area contributed by atoms with E-state index in [0.717, 1.165) is 12.3 Å². The molecular formula is C37H37F2N4O13P. The first kappa shape index (κ1) is 40.8. The smallest absolute Gasteiger partial charge is 0.459 e. The van der Waals surface area contributed by atoms with Crippen molar-refractivity contribution in [2.75, 3.05) is 26.1 Å². The number of benzene rings is 3. The number of aliphatic hydroxyl groups is 1. The fourth-order valence-corrected chi connectivity index (χ4v) is 7.06. The molecule has 20 heteroatoms. The van der Waals surface area contributed by atoms with Crippen molar-refractivity contribution in [3.8, 4) is 17.2 Å². The highest BCUT2D eigenvalue weighted by atomic mass is 31.2. The Morgan fingerprint density at radius 2 is 1.70 bits per heavy atom. The summed E-state index contributed by atoms with van der Waals surface area (Å²) in [6.45, 7) is -0.0323. The first-order chi connectivity index (χ1) is 27.3. The number of para-hydroxylation sites is 1. The zero-order valence-corrected chi connectivity index (χ0v) is 31.4. The summed E-state index contributed by atoms with van der Waals surface area (Å²) in [7, 11) is -1.62. The third-order valence-corrected chi connectivity index (χ3v) is 10.1. The van der Waals surface area contributed by atoms with Crippen LogP contribution in [0.5, 0.6) is 17.2 Å². The summed E-state index contributed by atoms with van der Waals surface area (Å²) in [4.78, 5) is 41.8. The first-order valence-corrected chi connectivity index (χ1v) is 18.7. The summed E-state index contributed by atoms with van der Waals surface area (Å²) in [6, 6.07) is 21.1. The maximum absolute atomic E-state index is 15.5. The number of anilines is 1. The van der Waals surface area contributed by atoms with E-state index in [4.69, 9.17) is 37.1 Å². The predicted molar refractivity (Wildman–Crippen MR) is 196 cm³/mol. The van der Waals surface area contributed by atoms with Crippen molar-refractivity contribution >= 4 is 36.6 Å². The monoisotopic (exact) mass is 814 g/mol. The molecule has 0 bridgehead atoms. The molecular weight excluding hydrogens is 777 g/mol. The van der Waals surface area contributed by atoms with Crippen LogP contribution in [-0.4, -0.2) is 71.7 Å². The third kappa shape index (κ3) is 9.76. The van der Waals surface area contributed by atoms with Gasteiger partial charge in [0.1, 0.15) is 41.8 Å². The largest absolute Gasteiger partial charge is 0.497 e. The van der Waals surface area contributed by atoms with Crippen LogP contribution >= 0.6 is 7.75 Å². The maximum Gasteiger partial charge on any atom is 0.459 e. The van der Waals surface area contributed by atoms with Crippen molar-refractivity contribution in [1.29, 1.82) is 0 Å². The molecule has 1 unspecified atom stereocenters. The average molecular weight is 815 g/mol. The molecule has 1 amide bonds. The Kier molecular flexibility index (Phi) is 12.5. The Labute approximate surface area is 322 Å². The van der Waals surface area contributed by atoms with Gasteiger partial charge in [-0.15, -0.1) is 0 Å². The highest BCUT2D eigenvalue weighted by molar-refractivity contribution is 7.52. The van der Waals surface area contributed by atoms with Crippen molar-refractivity contribution in [3.05, 3.63) is 113 Å². The summed E-state index contributed by atoms with van der Waals surface area (Å²) >= 11 is 0. The fourth-order valence-electron chi connectivity index (χ4n) is 5.56. The lowest BCUT2D eigenvalue weighted by Gasteiger charge is -2.24. The minimum atomic E-state index is -4.57. The second-order valence-corrected chi connectivity index (χ2v) is 14.1. The van der Waals surface area contributed by atoms with Crippen LogP contribution in [0.4, 0.5) is 19.4 Å². The molecule has 0 saturated carbocycles. The molecule has 0 aliphatic carbocycles. The number of rotatable bonds is 16. The number of esters is 1. The van der Waals surface area contributed by atoms with Gasteiger partial charge in [0, 0.05) is 17.6 Å². The minimum Gasteiger partial charge on any atom is -0.497 e. The Hall–Kier alpha value is -5.85. The number of carbonyl (C=O) groups excluding carboxylic acids is 2. The van der Waals surface area contributed by atoms with Gasteiger partial charge in [-0.3, -0.25) is 19.2 Å². The van der Waals surface area contributed by atoms with Crippen LogP contribution < -0.4 is 30.1 Å². The molecule has 302 valence electrons. The SMILES string of the molecule is COc1cc(OC)c2oc(COC(=O)Nc3ccn([C@@H]4O[C@H](COP(=O)(N[C@@H](C)C(=O)OCc5ccccc5)Oc5ccccc5)[C@@H](O)C4(F)F)c(=O)n3)cc2c1. The van der Waals surface area contributed by atoms with Gasteiger partial charge in [0.25, 0.3) is 0 Å². The van der Waals surface area contributed by atoms with E-state index in [1.807, 2.05) is 0 Å². The van der Waals surface area contributed by atoms with Gasteiger partial charge in [-0.1, -0.05) is 48.5 Å². The van der Waals surface area contributed by atoms with E-state index in [1.54, 1.807) is 66.7 Å². The second-order valence-electron chi connectivity index (χ2n) is 12.5. The minimum absolute atomic E-state index is 0.0423. The Balaban J connectivity index is 1.08. The number of amides is 1. The number of aromatic nitrogens is 2. The quantitative estimate of drug-likeness (QED) is 0.0822. The number of nitrogens with zero attached hydrogens (tertiary/aromatic N) is 2. The Morgan fingerprint density at radius 1 is 0.982 bits per heavy atom. The molecule has 17 nitrogen and oxygen atoms in total. The van der Waals surface area contributed by atoms with Gasteiger partial charge in [0.2, 0.25) is 6.23 Å². The number of carbonyl (C=O) groups is 2. The standard InChI is InChI=1S/C37H37F2N4O13P/c1-22(33(45)51-19-23-10-6-4-7-11-23)42-57(48,56-25-12-8-5-9-13-25)53-21-29-32(44)37(38,39)34(55-29)43-15-14-30(40-35(43)46)41-36(47)52-20-27-17-24-16-26(49-2)18-28(50-3)31(24)54-27/h4-18,22,29,32,34,44H,19-21H2,1-3H3,(H,42,48)(H,40,41,46,47)/t22-,29+,32+,34+,57?/m0/s1. The number of aliphatic hydroxyl groups excluding tert-OH is 1. The number of alkyl halides is 2. The second kappa shape index (κ2) is 17.5. The van der Waals surface area contributed by atoms with Gasteiger partial charge in [-0.2, -0.15) is 18.9 Å². The molecule has 1 aliphatic rings. The lowest BCUT2D eigenvalue weighted by atomic mass is 10.1. The van der Waals surface area contributed by atoms with E-state index in [0.29, 0.717) is 32.6 Å². The predicted octanol–water partition coefficient (Wildman–Crippen LogP) is 5.57. The van der Waals surface area contributed by atoms with Crippen LogP contribution in [0.1, 0.15) is 24.5 Å². The van der Waals surface area contributed by atoms with Gasteiger partial charge in [0.05, 0.1) is 20.8 Å². The van der Waals surface area contributed by atoms with Crippen molar-refractivity contribution in [2.45, 2.75) is 50.5 Å². The van der Waals surface area contributed by atoms with Crippen LogP contribution in [0.2, 0.25) is 0 Å². The molecule has 3 N–H and O–H groups in total. The zero-order valence-electron chi connectivity index (χ0n) is 30.5. The van der Waals surface area contributed by atoms with E-state index in [2.05, 4.69) is 15.4 Å². The Morgan fingerprint density at radius 3 is 2.39 bits per heavy atom. The normalized spacial score (nSPS) is 18.9. The molecule has 5 aromatic rings. The van der Waals surface area contributed by atoms with Crippen LogP contribution in [-0.2, 0) is 41.3 Å². The number of methoxy groups -OCH3 is 2. The molecule has 57 heavy (non-hydrogen) atoms. The lowest BCUT2D eigenvalue weighted by molar-refractivity contribution is -0.146. The van der Waals surface area contributed by atoms with E-state index in [9.17, 15) is 24.1 Å².